The van der Waals surface area contributed by atoms with E-state index in [9.17, 15) is 9.59 Å². The Morgan fingerprint density at radius 2 is 2.15 bits per heavy atom. The maximum Gasteiger partial charge on any atom is 0.243 e. The summed E-state index contributed by atoms with van der Waals surface area (Å²) in [7, 11) is 0. The lowest BCUT2D eigenvalue weighted by atomic mass is 10.2. The second kappa shape index (κ2) is 6.38. The SMILES string of the molecule is NCC(=O)NCC(=O)Nc1cccc(-n2cnnn2)c1. The van der Waals surface area contributed by atoms with Gasteiger partial charge in [-0.05, 0) is 28.6 Å². The molecule has 0 aliphatic rings. The number of aromatic nitrogens is 4. The maximum atomic E-state index is 11.6. The molecule has 1 aromatic carbocycles. The number of hydrogen-bond acceptors (Lipinski definition) is 6. The van der Waals surface area contributed by atoms with E-state index in [1.54, 1.807) is 24.3 Å². The van der Waals surface area contributed by atoms with E-state index in [2.05, 4.69) is 26.2 Å². The van der Waals surface area contributed by atoms with Gasteiger partial charge in [0.15, 0.2) is 0 Å². The zero-order chi connectivity index (χ0) is 14.4. The van der Waals surface area contributed by atoms with Crippen molar-refractivity contribution in [2.45, 2.75) is 0 Å². The largest absolute Gasteiger partial charge is 0.346 e. The highest BCUT2D eigenvalue weighted by molar-refractivity contribution is 5.94. The van der Waals surface area contributed by atoms with E-state index in [1.165, 1.54) is 11.0 Å². The molecule has 0 unspecified atom stereocenters. The van der Waals surface area contributed by atoms with Gasteiger partial charge in [0.25, 0.3) is 0 Å². The van der Waals surface area contributed by atoms with Crippen LogP contribution in [0.25, 0.3) is 5.69 Å². The Bertz CT molecular complexity index is 597. The second-order valence-corrected chi connectivity index (χ2v) is 3.83. The molecule has 104 valence electrons. The highest BCUT2D eigenvalue weighted by Crippen LogP contribution is 2.12. The van der Waals surface area contributed by atoms with E-state index in [1.807, 2.05) is 0 Å². The molecule has 0 saturated carbocycles. The molecule has 0 saturated heterocycles. The highest BCUT2D eigenvalue weighted by atomic mass is 16.2. The van der Waals surface area contributed by atoms with Crippen molar-refractivity contribution in [3.63, 3.8) is 0 Å². The minimum Gasteiger partial charge on any atom is -0.346 e. The van der Waals surface area contributed by atoms with Crippen LogP contribution in [-0.2, 0) is 9.59 Å². The van der Waals surface area contributed by atoms with Crippen molar-refractivity contribution in [2.24, 2.45) is 5.73 Å². The summed E-state index contributed by atoms with van der Waals surface area (Å²) in [5.41, 5.74) is 6.40. The lowest BCUT2D eigenvalue weighted by Crippen LogP contribution is -2.36. The molecule has 0 bridgehead atoms. The molecule has 4 N–H and O–H groups in total. The minimum absolute atomic E-state index is 0.134. The van der Waals surface area contributed by atoms with Gasteiger partial charge in [0, 0.05) is 5.69 Å². The van der Waals surface area contributed by atoms with E-state index < -0.39 is 0 Å². The molecule has 20 heavy (non-hydrogen) atoms. The molecule has 1 heterocycles. The predicted molar refractivity (Wildman–Crippen MR) is 69.8 cm³/mol. The van der Waals surface area contributed by atoms with Crippen LogP contribution in [0.2, 0.25) is 0 Å². The first-order chi connectivity index (χ1) is 9.69. The van der Waals surface area contributed by atoms with Gasteiger partial charge in [0.1, 0.15) is 6.33 Å². The van der Waals surface area contributed by atoms with Gasteiger partial charge in [-0.2, -0.15) is 0 Å². The van der Waals surface area contributed by atoms with E-state index in [0.717, 1.165) is 0 Å². The van der Waals surface area contributed by atoms with Crippen LogP contribution in [0.3, 0.4) is 0 Å². The highest BCUT2D eigenvalue weighted by Gasteiger charge is 2.05. The molecule has 1 aromatic heterocycles. The Hall–Kier alpha value is -2.81. The summed E-state index contributed by atoms with van der Waals surface area (Å²) in [5.74, 6) is -0.733. The standard InChI is InChI=1S/C11H13N7O2/c12-5-10(19)13-6-11(20)15-8-2-1-3-9(4-8)18-7-14-16-17-18/h1-4,7H,5-6,12H2,(H,13,19)(H,15,20). The van der Waals surface area contributed by atoms with Crippen molar-refractivity contribution < 1.29 is 9.59 Å². The predicted octanol–water partition coefficient (Wildman–Crippen LogP) is -1.32. The molecule has 0 radical (unpaired) electrons. The van der Waals surface area contributed by atoms with Gasteiger partial charge in [-0.25, -0.2) is 4.68 Å². The van der Waals surface area contributed by atoms with Crippen LogP contribution in [-0.4, -0.2) is 45.1 Å². The molecular formula is C11H13N7O2. The second-order valence-electron chi connectivity index (χ2n) is 3.83. The van der Waals surface area contributed by atoms with Gasteiger partial charge in [0.2, 0.25) is 11.8 Å². The molecule has 2 amide bonds. The van der Waals surface area contributed by atoms with E-state index in [0.29, 0.717) is 11.4 Å². The van der Waals surface area contributed by atoms with Crippen LogP contribution in [0.4, 0.5) is 5.69 Å². The quantitative estimate of drug-likeness (QED) is 0.620. The summed E-state index contributed by atoms with van der Waals surface area (Å²) >= 11 is 0. The van der Waals surface area contributed by atoms with Gasteiger partial charge in [-0.15, -0.1) is 5.10 Å². The smallest absolute Gasteiger partial charge is 0.243 e. The molecule has 9 heteroatoms. The van der Waals surface area contributed by atoms with Crippen molar-refractivity contribution >= 4 is 17.5 Å². The number of anilines is 1. The van der Waals surface area contributed by atoms with Gasteiger partial charge in [-0.1, -0.05) is 6.07 Å². The number of carbonyl (C=O) groups excluding carboxylic acids is 2. The van der Waals surface area contributed by atoms with Crippen molar-refractivity contribution in [3.8, 4) is 5.69 Å². The van der Waals surface area contributed by atoms with Gasteiger partial charge >= 0.3 is 0 Å². The zero-order valence-electron chi connectivity index (χ0n) is 10.5. The summed E-state index contributed by atoms with van der Waals surface area (Å²) in [6.45, 7) is -0.285. The molecule has 0 atom stereocenters. The summed E-state index contributed by atoms with van der Waals surface area (Å²) in [5, 5.41) is 15.8. The number of nitrogens with zero attached hydrogens (tertiary/aromatic N) is 4. The normalized spacial score (nSPS) is 10.1. The van der Waals surface area contributed by atoms with Crippen LogP contribution < -0.4 is 16.4 Å². The first-order valence-corrected chi connectivity index (χ1v) is 5.79. The maximum absolute atomic E-state index is 11.6. The van der Waals surface area contributed by atoms with Crippen LogP contribution in [0.1, 0.15) is 0 Å². The van der Waals surface area contributed by atoms with E-state index >= 15 is 0 Å². The Morgan fingerprint density at radius 3 is 2.85 bits per heavy atom. The van der Waals surface area contributed by atoms with E-state index in [-0.39, 0.29) is 24.9 Å². The third-order valence-electron chi connectivity index (χ3n) is 2.37. The molecule has 0 spiro atoms. The molecule has 2 aromatic rings. The third-order valence-corrected chi connectivity index (χ3v) is 2.37. The summed E-state index contributed by atoms with van der Waals surface area (Å²) in [6.07, 6.45) is 1.45. The summed E-state index contributed by atoms with van der Waals surface area (Å²) in [4.78, 5) is 22.6. The van der Waals surface area contributed by atoms with Crippen LogP contribution in [0, 0.1) is 0 Å². The first-order valence-electron chi connectivity index (χ1n) is 5.79. The summed E-state index contributed by atoms with van der Waals surface area (Å²) in [6, 6.07) is 6.98. The minimum atomic E-state index is -0.386. The van der Waals surface area contributed by atoms with Gasteiger partial charge in [0.05, 0.1) is 18.8 Å². The lowest BCUT2D eigenvalue weighted by molar-refractivity contribution is -0.123. The van der Waals surface area contributed by atoms with Crippen molar-refractivity contribution in [1.29, 1.82) is 0 Å². The Morgan fingerprint density at radius 1 is 1.30 bits per heavy atom. The van der Waals surface area contributed by atoms with Crippen molar-refractivity contribution in [2.75, 3.05) is 18.4 Å². The number of nitrogens with two attached hydrogens (primary N) is 1. The topological polar surface area (TPSA) is 128 Å². The fraction of sp³-hybridized carbons (Fsp3) is 0.182. The number of rotatable bonds is 5. The third kappa shape index (κ3) is 3.59. The molecule has 2 rings (SSSR count). The molecular weight excluding hydrogens is 262 g/mol. The molecule has 0 fully saturated rings. The molecule has 0 aliphatic heterocycles. The fourth-order valence-electron chi connectivity index (χ4n) is 1.46. The summed E-state index contributed by atoms with van der Waals surface area (Å²) < 4.78 is 1.46. The number of hydrogen-bond donors (Lipinski definition) is 3. The molecule has 0 aliphatic carbocycles. The average Bonchev–Trinajstić information content (AvgIpc) is 2.99. The van der Waals surface area contributed by atoms with Crippen molar-refractivity contribution in [1.82, 2.24) is 25.5 Å². The number of benzene rings is 1. The van der Waals surface area contributed by atoms with Gasteiger partial charge < -0.3 is 16.4 Å². The van der Waals surface area contributed by atoms with Crippen LogP contribution in [0.15, 0.2) is 30.6 Å². The Balaban J connectivity index is 1.98. The van der Waals surface area contributed by atoms with Crippen molar-refractivity contribution in [3.05, 3.63) is 30.6 Å². The zero-order valence-corrected chi connectivity index (χ0v) is 10.5. The van der Waals surface area contributed by atoms with Crippen LogP contribution >= 0.6 is 0 Å². The Labute approximate surface area is 114 Å². The molecule has 9 nitrogen and oxygen atoms in total. The van der Waals surface area contributed by atoms with Gasteiger partial charge in [-0.3, -0.25) is 9.59 Å². The van der Waals surface area contributed by atoms with E-state index in [4.69, 9.17) is 5.73 Å². The number of tetrazole rings is 1. The lowest BCUT2D eigenvalue weighted by Gasteiger charge is -2.07. The average molecular weight is 275 g/mol. The number of carbonyl (C=O) groups is 2. The number of amides is 2. The van der Waals surface area contributed by atoms with Crippen LogP contribution in [0.5, 0.6) is 0 Å². The monoisotopic (exact) mass is 275 g/mol. The number of nitrogens with one attached hydrogen (secondary N) is 2. The first kappa shape index (κ1) is 13.6. The Kier molecular flexibility index (Phi) is 4.35. The fourth-order valence-corrected chi connectivity index (χ4v) is 1.46.